The van der Waals surface area contributed by atoms with Crippen LogP contribution in [-0.4, -0.2) is 37.6 Å². The van der Waals surface area contributed by atoms with Crippen LogP contribution in [0.2, 0.25) is 0 Å². The fourth-order valence-corrected chi connectivity index (χ4v) is 1.85. The third kappa shape index (κ3) is 4.94. The summed E-state index contributed by atoms with van der Waals surface area (Å²) in [5.74, 6) is 0. The van der Waals surface area contributed by atoms with E-state index in [1.165, 1.54) is 12.8 Å². The number of hydrogen-bond donors (Lipinski definition) is 1. The fraction of sp³-hybridized carbons (Fsp3) is 1.00. The summed E-state index contributed by atoms with van der Waals surface area (Å²) in [5, 5.41) is 9.53. The zero-order valence-electron chi connectivity index (χ0n) is 9.08. The Morgan fingerprint density at radius 3 is 3.00 bits per heavy atom. The van der Waals surface area contributed by atoms with Crippen LogP contribution >= 0.6 is 0 Å². The van der Waals surface area contributed by atoms with Gasteiger partial charge in [0, 0.05) is 20.3 Å². The van der Waals surface area contributed by atoms with Crippen molar-refractivity contribution in [3.63, 3.8) is 0 Å². The maximum Gasteiger partial charge on any atom is 0.0576 e. The van der Waals surface area contributed by atoms with Crippen LogP contribution in [-0.2, 0) is 9.47 Å². The number of aliphatic hydroxyl groups excluding tert-OH is 1. The average molecular weight is 202 g/mol. The molecular weight excluding hydrogens is 180 g/mol. The Bertz CT molecular complexity index is 132. The molecule has 0 spiro atoms. The normalized spacial score (nSPS) is 24.0. The van der Waals surface area contributed by atoms with Crippen LogP contribution in [0.4, 0.5) is 0 Å². The highest BCUT2D eigenvalue weighted by molar-refractivity contribution is 4.66. The molecule has 1 rings (SSSR count). The van der Waals surface area contributed by atoms with E-state index in [1.807, 2.05) is 0 Å². The molecule has 0 amide bonds. The molecule has 1 aliphatic heterocycles. The van der Waals surface area contributed by atoms with Crippen LogP contribution in [0.3, 0.4) is 0 Å². The molecule has 0 aromatic rings. The quantitative estimate of drug-likeness (QED) is 0.683. The maximum atomic E-state index is 9.53. The van der Waals surface area contributed by atoms with E-state index in [0.29, 0.717) is 12.7 Å². The lowest BCUT2D eigenvalue weighted by atomic mass is 10.1. The number of ether oxygens (including phenoxy) is 2. The van der Waals surface area contributed by atoms with Crippen molar-refractivity contribution in [2.75, 3.05) is 20.3 Å². The van der Waals surface area contributed by atoms with E-state index in [1.54, 1.807) is 7.11 Å². The second-order valence-electron chi connectivity index (χ2n) is 4.00. The Labute approximate surface area is 86.4 Å². The van der Waals surface area contributed by atoms with E-state index in [-0.39, 0.29) is 6.10 Å². The zero-order chi connectivity index (χ0) is 10.2. The average Bonchev–Trinajstić information content (AvgIpc) is 2.67. The summed E-state index contributed by atoms with van der Waals surface area (Å²) in [4.78, 5) is 0. The third-order valence-corrected chi connectivity index (χ3v) is 2.74. The van der Waals surface area contributed by atoms with Crippen LogP contribution < -0.4 is 0 Å². The molecule has 1 saturated heterocycles. The van der Waals surface area contributed by atoms with Crippen LogP contribution in [0, 0.1) is 0 Å². The van der Waals surface area contributed by atoms with Gasteiger partial charge in [-0.3, -0.25) is 0 Å². The minimum atomic E-state index is -0.198. The summed E-state index contributed by atoms with van der Waals surface area (Å²) in [6.45, 7) is 1.58. The molecular formula is C11H22O3. The molecule has 0 aromatic heterocycles. The van der Waals surface area contributed by atoms with Gasteiger partial charge < -0.3 is 14.6 Å². The standard InChI is InChI=1S/C11H22O3/c1-13-9-7-10(12)4-2-5-11-6-3-8-14-11/h10-12H,2-9H2,1H3. The van der Waals surface area contributed by atoms with Gasteiger partial charge in [-0.05, 0) is 38.5 Å². The largest absolute Gasteiger partial charge is 0.393 e. The molecule has 1 N–H and O–H groups in total. The Morgan fingerprint density at radius 2 is 2.36 bits per heavy atom. The van der Waals surface area contributed by atoms with E-state index in [9.17, 15) is 5.11 Å². The molecule has 1 heterocycles. The van der Waals surface area contributed by atoms with E-state index in [0.717, 1.165) is 32.3 Å². The molecule has 84 valence electrons. The highest BCUT2D eigenvalue weighted by atomic mass is 16.5. The monoisotopic (exact) mass is 202 g/mol. The van der Waals surface area contributed by atoms with Crippen LogP contribution in [0.5, 0.6) is 0 Å². The minimum Gasteiger partial charge on any atom is -0.393 e. The summed E-state index contributed by atoms with van der Waals surface area (Å²) >= 11 is 0. The molecule has 1 fully saturated rings. The molecule has 2 unspecified atom stereocenters. The van der Waals surface area contributed by atoms with Crippen molar-refractivity contribution in [1.29, 1.82) is 0 Å². The molecule has 0 aromatic carbocycles. The van der Waals surface area contributed by atoms with E-state index in [2.05, 4.69) is 0 Å². The van der Waals surface area contributed by atoms with Gasteiger partial charge in [0.15, 0.2) is 0 Å². The SMILES string of the molecule is COCCC(O)CCCC1CCCO1. The number of hydrogen-bond acceptors (Lipinski definition) is 3. The maximum absolute atomic E-state index is 9.53. The number of aliphatic hydroxyl groups is 1. The van der Waals surface area contributed by atoms with Gasteiger partial charge >= 0.3 is 0 Å². The van der Waals surface area contributed by atoms with Crippen molar-refractivity contribution in [2.24, 2.45) is 0 Å². The molecule has 0 bridgehead atoms. The van der Waals surface area contributed by atoms with Gasteiger partial charge in [-0.2, -0.15) is 0 Å². The van der Waals surface area contributed by atoms with Crippen LogP contribution in [0.1, 0.15) is 38.5 Å². The molecule has 2 atom stereocenters. The van der Waals surface area contributed by atoms with Crippen molar-refractivity contribution >= 4 is 0 Å². The lowest BCUT2D eigenvalue weighted by Crippen LogP contribution is -2.11. The summed E-state index contributed by atoms with van der Waals surface area (Å²) in [5.41, 5.74) is 0. The predicted molar refractivity (Wildman–Crippen MR) is 55.3 cm³/mol. The minimum absolute atomic E-state index is 0.198. The van der Waals surface area contributed by atoms with E-state index < -0.39 is 0 Å². The fourth-order valence-electron chi connectivity index (χ4n) is 1.85. The first-order chi connectivity index (χ1) is 6.83. The molecule has 0 radical (unpaired) electrons. The molecule has 1 aliphatic rings. The Morgan fingerprint density at radius 1 is 1.50 bits per heavy atom. The molecule has 0 saturated carbocycles. The smallest absolute Gasteiger partial charge is 0.0576 e. The second kappa shape index (κ2) is 7.21. The first-order valence-electron chi connectivity index (χ1n) is 5.61. The summed E-state index contributed by atoms with van der Waals surface area (Å²) in [7, 11) is 1.67. The first-order valence-corrected chi connectivity index (χ1v) is 5.61. The third-order valence-electron chi connectivity index (χ3n) is 2.74. The lowest BCUT2D eigenvalue weighted by molar-refractivity contribution is 0.0831. The van der Waals surface area contributed by atoms with Gasteiger partial charge in [0.1, 0.15) is 0 Å². The van der Waals surface area contributed by atoms with Crippen molar-refractivity contribution in [3.05, 3.63) is 0 Å². The second-order valence-corrected chi connectivity index (χ2v) is 4.00. The number of methoxy groups -OCH3 is 1. The lowest BCUT2D eigenvalue weighted by Gasteiger charge is -2.12. The highest BCUT2D eigenvalue weighted by Crippen LogP contribution is 2.18. The van der Waals surface area contributed by atoms with Gasteiger partial charge in [0.05, 0.1) is 12.2 Å². The van der Waals surface area contributed by atoms with Gasteiger partial charge in [-0.1, -0.05) is 0 Å². The van der Waals surface area contributed by atoms with Gasteiger partial charge in [-0.15, -0.1) is 0 Å². The molecule has 0 aliphatic carbocycles. The highest BCUT2D eigenvalue weighted by Gasteiger charge is 2.15. The van der Waals surface area contributed by atoms with Gasteiger partial charge in [-0.25, -0.2) is 0 Å². The Kier molecular flexibility index (Phi) is 6.15. The van der Waals surface area contributed by atoms with Crippen LogP contribution in [0.15, 0.2) is 0 Å². The first kappa shape index (κ1) is 12.0. The summed E-state index contributed by atoms with van der Waals surface area (Å²) in [6, 6.07) is 0. The zero-order valence-corrected chi connectivity index (χ0v) is 9.08. The van der Waals surface area contributed by atoms with Crippen molar-refractivity contribution in [1.82, 2.24) is 0 Å². The molecule has 3 nitrogen and oxygen atoms in total. The van der Waals surface area contributed by atoms with E-state index >= 15 is 0 Å². The van der Waals surface area contributed by atoms with E-state index in [4.69, 9.17) is 9.47 Å². The van der Waals surface area contributed by atoms with Gasteiger partial charge in [0.2, 0.25) is 0 Å². The van der Waals surface area contributed by atoms with Crippen LogP contribution in [0.25, 0.3) is 0 Å². The van der Waals surface area contributed by atoms with Gasteiger partial charge in [0.25, 0.3) is 0 Å². The predicted octanol–water partition coefficient (Wildman–Crippen LogP) is 1.73. The van der Waals surface area contributed by atoms with Crippen molar-refractivity contribution < 1.29 is 14.6 Å². The Hall–Kier alpha value is -0.120. The molecule has 3 heteroatoms. The topological polar surface area (TPSA) is 38.7 Å². The molecule has 14 heavy (non-hydrogen) atoms. The number of rotatable bonds is 7. The summed E-state index contributed by atoms with van der Waals surface area (Å²) < 4.78 is 10.4. The van der Waals surface area contributed by atoms with Crippen molar-refractivity contribution in [2.45, 2.75) is 50.7 Å². The Balaban J connectivity index is 1.91. The summed E-state index contributed by atoms with van der Waals surface area (Å²) in [6.07, 6.45) is 6.47. The van der Waals surface area contributed by atoms with Crippen molar-refractivity contribution in [3.8, 4) is 0 Å².